The van der Waals surface area contributed by atoms with Crippen LogP contribution < -0.4 is 0 Å². The number of ether oxygens (including phenoxy) is 1. The van der Waals surface area contributed by atoms with E-state index in [4.69, 9.17) is 4.74 Å². The van der Waals surface area contributed by atoms with Gasteiger partial charge in [-0.15, -0.1) is 0 Å². The van der Waals surface area contributed by atoms with Crippen LogP contribution in [-0.2, 0) is 9.53 Å². The molecule has 1 aliphatic heterocycles. The van der Waals surface area contributed by atoms with Crippen LogP contribution in [0.15, 0.2) is 6.07 Å². The first kappa shape index (κ1) is 14.7. The summed E-state index contributed by atoms with van der Waals surface area (Å²) in [7, 11) is 0. The highest BCUT2D eigenvalue weighted by Gasteiger charge is 2.27. The average molecular weight is 275 g/mol. The van der Waals surface area contributed by atoms with E-state index in [1.807, 2.05) is 27.7 Å². The number of carbonyl (C=O) groups is 2. The van der Waals surface area contributed by atoms with Crippen LogP contribution in [-0.4, -0.2) is 42.9 Å². The van der Waals surface area contributed by atoms with Gasteiger partial charge in [-0.3, -0.25) is 9.59 Å². The second-order valence-electron chi connectivity index (χ2n) is 5.37. The van der Waals surface area contributed by atoms with Gasteiger partial charge in [0.05, 0.1) is 13.2 Å². The maximum absolute atomic E-state index is 12.6. The van der Waals surface area contributed by atoms with Crippen LogP contribution in [0.4, 0.5) is 0 Å². The van der Waals surface area contributed by atoms with Gasteiger partial charge >= 0.3 is 0 Å². The second-order valence-corrected chi connectivity index (χ2v) is 5.37. The lowest BCUT2D eigenvalue weighted by Gasteiger charge is -2.26. The molecule has 0 spiro atoms. The summed E-state index contributed by atoms with van der Waals surface area (Å²) in [5, 5.41) is 0. The summed E-state index contributed by atoms with van der Waals surface area (Å²) < 4.78 is 5.22. The van der Waals surface area contributed by atoms with Gasteiger partial charge in [0.2, 0.25) is 0 Å². The Bertz CT molecular complexity index is 531. The van der Waals surface area contributed by atoms with Crippen LogP contribution in [0.1, 0.15) is 32.6 Å². The zero-order valence-electron chi connectivity index (χ0n) is 12.6. The van der Waals surface area contributed by atoms with E-state index in [0.29, 0.717) is 31.9 Å². The van der Waals surface area contributed by atoms with E-state index in [-0.39, 0.29) is 0 Å². The van der Waals surface area contributed by atoms with Crippen LogP contribution in [0.25, 0.3) is 0 Å². The van der Waals surface area contributed by atoms with Gasteiger partial charge in [0.1, 0.15) is 0 Å². The van der Waals surface area contributed by atoms with E-state index in [1.54, 1.807) is 4.90 Å². The molecule has 0 aromatic heterocycles. The summed E-state index contributed by atoms with van der Waals surface area (Å²) in [4.78, 5) is 26.5. The van der Waals surface area contributed by atoms with Crippen molar-refractivity contribution in [3.63, 3.8) is 0 Å². The van der Waals surface area contributed by atoms with Crippen molar-refractivity contribution >= 4 is 11.7 Å². The number of carbonyl (C=O) groups excluding carboxylic acids is 2. The third-order valence-corrected chi connectivity index (χ3v) is 4.09. The first-order valence-electron chi connectivity index (χ1n) is 6.92. The zero-order chi connectivity index (χ0) is 14.9. The minimum Gasteiger partial charge on any atom is -0.378 e. The van der Waals surface area contributed by atoms with Crippen molar-refractivity contribution in [1.82, 2.24) is 4.90 Å². The number of amides is 1. The second kappa shape index (κ2) is 5.75. The molecule has 2 rings (SSSR count). The molecule has 1 aromatic rings. The molecule has 1 amide bonds. The third kappa shape index (κ3) is 2.61. The van der Waals surface area contributed by atoms with E-state index in [0.717, 1.165) is 22.3 Å². The summed E-state index contributed by atoms with van der Waals surface area (Å²) in [6, 6.07) is 2.06. The van der Waals surface area contributed by atoms with Crippen LogP contribution in [0, 0.1) is 27.7 Å². The number of hydrogen-bond acceptors (Lipinski definition) is 3. The largest absolute Gasteiger partial charge is 0.378 e. The fourth-order valence-corrected chi connectivity index (χ4v) is 2.57. The van der Waals surface area contributed by atoms with Gasteiger partial charge in [-0.25, -0.2) is 0 Å². The van der Waals surface area contributed by atoms with Crippen molar-refractivity contribution in [1.29, 1.82) is 0 Å². The zero-order valence-corrected chi connectivity index (χ0v) is 12.6. The molecule has 1 heterocycles. The number of hydrogen-bond donors (Lipinski definition) is 0. The molecule has 0 N–H and O–H groups in total. The molecule has 1 saturated heterocycles. The lowest BCUT2D eigenvalue weighted by molar-refractivity contribution is -0.130. The monoisotopic (exact) mass is 275 g/mol. The Morgan fingerprint density at radius 2 is 1.50 bits per heavy atom. The van der Waals surface area contributed by atoms with Crippen LogP contribution in [0.5, 0.6) is 0 Å². The first-order valence-corrected chi connectivity index (χ1v) is 6.92. The predicted molar refractivity (Wildman–Crippen MR) is 77.1 cm³/mol. The summed E-state index contributed by atoms with van der Waals surface area (Å²) >= 11 is 0. The summed E-state index contributed by atoms with van der Waals surface area (Å²) in [5.41, 5.74) is 4.47. The highest BCUT2D eigenvalue weighted by Crippen LogP contribution is 2.22. The molecule has 0 unspecified atom stereocenters. The summed E-state index contributed by atoms with van der Waals surface area (Å²) in [6.07, 6.45) is 0. The number of ketones is 1. The summed E-state index contributed by atoms with van der Waals surface area (Å²) in [6.45, 7) is 9.74. The van der Waals surface area contributed by atoms with Crippen molar-refractivity contribution in [3.05, 3.63) is 33.9 Å². The van der Waals surface area contributed by atoms with E-state index in [9.17, 15) is 9.59 Å². The Balaban J connectivity index is 2.36. The predicted octanol–water partition coefficient (Wildman–Crippen LogP) is 1.96. The van der Waals surface area contributed by atoms with Crippen molar-refractivity contribution in [2.24, 2.45) is 0 Å². The van der Waals surface area contributed by atoms with Gasteiger partial charge in [0, 0.05) is 18.7 Å². The normalized spacial score (nSPS) is 15.3. The topological polar surface area (TPSA) is 46.6 Å². The molecule has 1 fully saturated rings. The van der Waals surface area contributed by atoms with Crippen molar-refractivity contribution in [3.8, 4) is 0 Å². The molecular weight excluding hydrogens is 254 g/mol. The molecule has 0 saturated carbocycles. The fraction of sp³-hybridized carbons (Fsp3) is 0.500. The lowest BCUT2D eigenvalue weighted by atomic mass is 9.91. The Morgan fingerprint density at radius 3 is 2.00 bits per heavy atom. The molecule has 0 radical (unpaired) electrons. The molecule has 108 valence electrons. The standard InChI is InChI=1S/C16H21NO3/c1-10-9-11(2)13(4)14(12(10)3)15(18)16(19)17-5-7-20-8-6-17/h9H,5-8H2,1-4H3. The summed E-state index contributed by atoms with van der Waals surface area (Å²) in [5.74, 6) is -0.807. The number of Topliss-reactive ketones (excluding diaryl/α,β-unsaturated/α-hetero) is 1. The fourth-order valence-electron chi connectivity index (χ4n) is 2.57. The van der Waals surface area contributed by atoms with Gasteiger partial charge in [-0.2, -0.15) is 0 Å². The van der Waals surface area contributed by atoms with E-state index in [1.165, 1.54) is 0 Å². The number of rotatable bonds is 2. The van der Waals surface area contributed by atoms with Crippen molar-refractivity contribution in [2.45, 2.75) is 27.7 Å². The maximum Gasteiger partial charge on any atom is 0.295 e. The third-order valence-electron chi connectivity index (χ3n) is 4.09. The quantitative estimate of drug-likeness (QED) is 0.612. The maximum atomic E-state index is 12.6. The van der Waals surface area contributed by atoms with Crippen LogP contribution >= 0.6 is 0 Å². The van der Waals surface area contributed by atoms with Crippen molar-refractivity contribution < 1.29 is 14.3 Å². The molecule has 4 heteroatoms. The lowest BCUT2D eigenvalue weighted by Crippen LogP contribution is -2.44. The minimum atomic E-state index is -0.412. The number of nitrogens with zero attached hydrogens (tertiary/aromatic N) is 1. The van der Waals surface area contributed by atoms with E-state index in [2.05, 4.69) is 6.07 Å². The smallest absolute Gasteiger partial charge is 0.295 e. The molecule has 0 atom stereocenters. The van der Waals surface area contributed by atoms with Crippen LogP contribution in [0.2, 0.25) is 0 Å². The van der Waals surface area contributed by atoms with Gasteiger partial charge < -0.3 is 9.64 Å². The Labute approximate surface area is 119 Å². The van der Waals surface area contributed by atoms with E-state index >= 15 is 0 Å². The molecule has 0 aliphatic carbocycles. The Kier molecular flexibility index (Phi) is 4.23. The van der Waals surface area contributed by atoms with Crippen LogP contribution in [0.3, 0.4) is 0 Å². The highest BCUT2D eigenvalue weighted by molar-refractivity contribution is 6.43. The van der Waals surface area contributed by atoms with E-state index < -0.39 is 11.7 Å². The Morgan fingerprint density at radius 1 is 1.00 bits per heavy atom. The molecular formula is C16H21NO3. The molecule has 1 aromatic carbocycles. The SMILES string of the molecule is Cc1cc(C)c(C)c(C(=O)C(=O)N2CCOCC2)c1C. The average Bonchev–Trinajstić information content (AvgIpc) is 2.45. The molecule has 20 heavy (non-hydrogen) atoms. The minimum absolute atomic E-state index is 0.395. The van der Waals surface area contributed by atoms with Gasteiger partial charge in [-0.05, 0) is 49.9 Å². The van der Waals surface area contributed by atoms with Gasteiger partial charge in [0.25, 0.3) is 11.7 Å². The molecule has 4 nitrogen and oxygen atoms in total. The van der Waals surface area contributed by atoms with Gasteiger partial charge in [0.15, 0.2) is 0 Å². The number of benzene rings is 1. The van der Waals surface area contributed by atoms with Gasteiger partial charge in [-0.1, -0.05) is 6.07 Å². The number of morpholine rings is 1. The molecule has 0 bridgehead atoms. The molecule has 1 aliphatic rings. The Hall–Kier alpha value is -1.68. The number of aryl methyl sites for hydroxylation is 2. The first-order chi connectivity index (χ1) is 9.43. The van der Waals surface area contributed by atoms with Crippen molar-refractivity contribution in [2.75, 3.05) is 26.3 Å². The highest BCUT2D eigenvalue weighted by atomic mass is 16.5.